The van der Waals surface area contributed by atoms with Gasteiger partial charge < -0.3 is 10.4 Å². The van der Waals surface area contributed by atoms with Gasteiger partial charge in [0.15, 0.2) is 0 Å². The van der Waals surface area contributed by atoms with Gasteiger partial charge in [-0.05, 0) is 31.0 Å². The van der Waals surface area contributed by atoms with Crippen LogP contribution in [0.25, 0.3) is 0 Å². The maximum atomic E-state index is 13.1. The first-order valence-corrected chi connectivity index (χ1v) is 5.83. The number of anilines is 1. The molecule has 1 saturated carbocycles. The van der Waals surface area contributed by atoms with Crippen LogP contribution in [0, 0.1) is 11.2 Å². The first-order valence-electron chi connectivity index (χ1n) is 5.45. The highest BCUT2D eigenvalue weighted by molar-refractivity contribution is 6.31. The van der Waals surface area contributed by atoms with E-state index in [1.165, 1.54) is 6.07 Å². The smallest absolute Gasteiger partial charge is 0.319 e. The van der Waals surface area contributed by atoms with Crippen molar-refractivity contribution in [1.29, 1.82) is 0 Å². The standard InChI is InChI=1S/C12H11ClFNO3/c13-7-4-8(14)6-9(5-7)15-10(16)12(11(17)18)2-1-3-12/h4-6H,1-3H2,(H,15,16)(H,17,18). The van der Waals surface area contributed by atoms with Crippen molar-refractivity contribution in [2.45, 2.75) is 19.3 Å². The quantitative estimate of drug-likeness (QED) is 0.831. The molecular weight excluding hydrogens is 261 g/mol. The maximum Gasteiger partial charge on any atom is 0.319 e. The Morgan fingerprint density at radius 1 is 1.33 bits per heavy atom. The molecule has 0 aliphatic heterocycles. The Kier molecular flexibility index (Phi) is 3.26. The number of benzene rings is 1. The number of carboxylic acid groups (broad SMARTS) is 1. The minimum Gasteiger partial charge on any atom is -0.480 e. The van der Waals surface area contributed by atoms with Crippen LogP contribution >= 0.6 is 11.6 Å². The van der Waals surface area contributed by atoms with E-state index in [4.69, 9.17) is 16.7 Å². The third-order valence-electron chi connectivity index (χ3n) is 3.17. The van der Waals surface area contributed by atoms with Crippen molar-refractivity contribution in [2.24, 2.45) is 5.41 Å². The van der Waals surface area contributed by atoms with Gasteiger partial charge in [0.2, 0.25) is 5.91 Å². The molecule has 1 aliphatic rings. The molecule has 0 unspecified atom stereocenters. The van der Waals surface area contributed by atoms with Gasteiger partial charge >= 0.3 is 5.97 Å². The summed E-state index contributed by atoms with van der Waals surface area (Å²) in [4.78, 5) is 23.0. The average molecular weight is 272 g/mol. The topological polar surface area (TPSA) is 66.4 Å². The third kappa shape index (κ3) is 2.18. The van der Waals surface area contributed by atoms with Gasteiger partial charge in [0.1, 0.15) is 11.2 Å². The summed E-state index contributed by atoms with van der Waals surface area (Å²) in [6, 6.07) is 3.57. The van der Waals surface area contributed by atoms with Crippen molar-refractivity contribution in [2.75, 3.05) is 5.32 Å². The average Bonchev–Trinajstić information content (AvgIpc) is 2.11. The van der Waals surface area contributed by atoms with Crippen LogP contribution in [0.4, 0.5) is 10.1 Å². The molecule has 1 aromatic rings. The predicted octanol–water partition coefficient (Wildman–Crippen LogP) is 2.67. The van der Waals surface area contributed by atoms with Gasteiger partial charge in [-0.15, -0.1) is 0 Å². The summed E-state index contributed by atoms with van der Waals surface area (Å²) in [6.45, 7) is 0. The number of carboxylic acids is 1. The molecule has 0 saturated heterocycles. The number of rotatable bonds is 3. The Bertz CT molecular complexity index is 494. The fourth-order valence-corrected chi connectivity index (χ4v) is 2.17. The molecule has 1 aromatic carbocycles. The van der Waals surface area contributed by atoms with E-state index < -0.39 is 23.1 Å². The zero-order valence-corrected chi connectivity index (χ0v) is 10.1. The molecule has 0 heterocycles. The molecule has 1 aliphatic carbocycles. The van der Waals surface area contributed by atoms with E-state index in [2.05, 4.69) is 5.32 Å². The Morgan fingerprint density at radius 2 is 2.00 bits per heavy atom. The van der Waals surface area contributed by atoms with E-state index in [0.717, 1.165) is 12.1 Å². The highest BCUT2D eigenvalue weighted by atomic mass is 35.5. The molecule has 1 fully saturated rings. The second-order valence-corrected chi connectivity index (χ2v) is 4.79. The number of halogens is 2. The lowest BCUT2D eigenvalue weighted by Crippen LogP contribution is -2.48. The largest absolute Gasteiger partial charge is 0.480 e. The summed E-state index contributed by atoms with van der Waals surface area (Å²) in [6.07, 6.45) is 1.30. The molecule has 18 heavy (non-hydrogen) atoms. The zero-order chi connectivity index (χ0) is 13.3. The lowest BCUT2D eigenvalue weighted by atomic mass is 9.68. The maximum absolute atomic E-state index is 13.1. The molecule has 0 atom stereocenters. The molecule has 4 nitrogen and oxygen atoms in total. The summed E-state index contributed by atoms with van der Waals surface area (Å²) < 4.78 is 13.1. The minimum absolute atomic E-state index is 0.142. The summed E-state index contributed by atoms with van der Waals surface area (Å²) in [5.74, 6) is -2.35. The van der Waals surface area contributed by atoms with Gasteiger partial charge in [0.25, 0.3) is 0 Å². The molecule has 2 N–H and O–H groups in total. The predicted molar refractivity (Wildman–Crippen MR) is 64.0 cm³/mol. The van der Waals surface area contributed by atoms with Crippen molar-refractivity contribution in [3.63, 3.8) is 0 Å². The van der Waals surface area contributed by atoms with E-state index in [1.807, 2.05) is 0 Å². The number of hydrogen-bond acceptors (Lipinski definition) is 2. The highest BCUT2D eigenvalue weighted by Gasteiger charge is 2.51. The SMILES string of the molecule is O=C(O)C1(C(=O)Nc2cc(F)cc(Cl)c2)CCC1. The molecule has 0 spiro atoms. The van der Waals surface area contributed by atoms with Gasteiger partial charge in [-0.2, -0.15) is 0 Å². The lowest BCUT2D eigenvalue weighted by Gasteiger charge is -2.35. The van der Waals surface area contributed by atoms with Crippen LogP contribution in [-0.2, 0) is 9.59 Å². The summed E-state index contributed by atoms with van der Waals surface area (Å²) >= 11 is 5.65. The van der Waals surface area contributed by atoms with Crippen LogP contribution in [0.1, 0.15) is 19.3 Å². The zero-order valence-electron chi connectivity index (χ0n) is 9.37. The molecule has 2 rings (SSSR count). The number of nitrogens with one attached hydrogen (secondary N) is 1. The number of hydrogen-bond donors (Lipinski definition) is 2. The normalized spacial score (nSPS) is 16.8. The van der Waals surface area contributed by atoms with Crippen LogP contribution < -0.4 is 5.32 Å². The van der Waals surface area contributed by atoms with E-state index in [0.29, 0.717) is 19.3 Å². The van der Waals surface area contributed by atoms with Crippen LogP contribution in [0.15, 0.2) is 18.2 Å². The Hall–Kier alpha value is -1.62. The second kappa shape index (κ2) is 4.57. The third-order valence-corrected chi connectivity index (χ3v) is 3.39. The Balaban J connectivity index is 2.18. The molecule has 0 aromatic heterocycles. The summed E-state index contributed by atoms with van der Waals surface area (Å²) in [5.41, 5.74) is -1.21. The fourth-order valence-electron chi connectivity index (χ4n) is 1.95. The van der Waals surface area contributed by atoms with Crippen LogP contribution in [0.2, 0.25) is 5.02 Å². The van der Waals surface area contributed by atoms with Crippen molar-refractivity contribution < 1.29 is 19.1 Å². The molecule has 6 heteroatoms. The van der Waals surface area contributed by atoms with Gasteiger partial charge in [-0.1, -0.05) is 18.0 Å². The number of amides is 1. The van der Waals surface area contributed by atoms with Gasteiger partial charge in [-0.25, -0.2) is 4.39 Å². The highest BCUT2D eigenvalue weighted by Crippen LogP contribution is 2.42. The molecule has 0 radical (unpaired) electrons. The Labute approximate surface area is 108 Å². The second-order valence-electron chi connectivity index (χ2n) is 4.35. The van der Waals surface area contributed by atoms with Gasteiger partial charge in [0.05, 0.1) is 0 Å². The molecule has 96 valence electrons. The van der Waals surface area contributed by atoms with Crippen LogP contribution in [-0.4, -0.2) is 17.0 Å². The number of carbonyl (C=O) groups excluding carboxylic acids is 1. The first kappa shape index (κ1) is 12.8. The number of carbonyl (C=O) groups is 2. The molecule has 0 bridgehead atoms. The summed E-state index contributed by atoms with van der Waals surface area (Å²) in [5, 5.41) is 11.6. The van der Waals surface area contributed by atoms with E-state index in [9.17, 15) is 14.0 Å². The molecular formula is C12H11ClFNO3. The van der Waals surface area contributed by atoms with Crippen molar-refractivity contribution in [3.8, 4) is 0 Å². The van der Waals surface area contributed by atoms with Crippen LogP contribution in [0.3, 0.4) is 0 Å². The Morgan fingerprint density at radius 3 is 2.44 bits per heavy atom. The van der Waals surface area contributed by atoms with Crippen molar-refractivity contribution >= 4 is 29.2 Å². The van der Waals surface area contributed by atoms with Crippen LogP contribution in [0.5, 0.6) is 0 Å². The lowest BCUT2D eigenvalue weighted by molar-refractivity contribution is -0.159. The van der Waals surface area contributed by atoms with Crippen molar-refractivity contribution in [3.05, 3.63) is 29.0 Å². The monoisotopic (exact) mass is 271 g/mol. The van der Waals surface area contributed by atoms with E-state index in [-0.39, 0.29) is 10.7 Å². The van der Waals surface area contributed by atoms with Gasteiger partial charge in [-0.3, -0.25) is 9.59 Å². The minimum atomic E-state index is -1.38. The van der Waals surface area contributed by atoms with E-state index in [1.54, 1.807) is 0 Å². The molecule has 1 amide bonds. The van der Waals surface area contributed by atoms with Crippen molar-refractivity contribution in [1.82, 2.24) is 0 Å². The van der Waals surface area contributed by atoms with E-state index >= 15 is 0 Å². The summed E-state index contributed by atoms with van der Waals surface area (Å²) in [7, 11) is 0. The number of aliphatic carboxylic acids is 1. The first-order chi connectivity index (χ1) is 8.44. The van der Waals surface area contributed by atoms with Gasteiger partial charge in [0, 0.05) is 10.7 Å². The fraction of sp³-hybridized carbons (Fsp3) is 0.333.